The van der Waals surface area contributed by atoms with Gasteiger partial charge >= 0.3 is 0 Å². The quantitative estimate of drug-likeness (QED) is 0.653. The van der Waals surface area contributed by atoms with Gasteiger partial charge in [-0.05, 0) is 36.9 Å². The minimum Gasteiger partial charge on any atom is -0.361 e. The number of carbonyl (C=O) groups is 1. The van der Waals surface area contributed by atoms with Crippen LogP contribution in [0.2, 0.25) is 0 Å². The van der Waals surface area contributed by atoms with Gasteiger partial charge in [-0.3, -0.25) is 4.79 Å². The zero-order valence-electron chi connectivity index (χ0n) is 12.9. The van der Waals surface area contributed by atoms with Gasteiger partial charge in [-0.1, -0.05) is 32.0 Å². The van der Waals surface area contributed by atoms with Gasteiger partial charge in [0.2, 0.25) is 5.91 Å². The zero-order chi connectivity index (χ0) is 15.1. The number of benzene rings is 1. The van der Waals surface area contributed by atoms with Crippen molar-refractivity contribution in [2.45, 2.75) is 26.7 Å². The second-order valence-electron chi connectivity index (χ2n) is 5.82. The van der Waals surface area contributed by atoms with Gasteiger partial charge < -0.3 is 15.6 Å². The number of hydrogen-bond acceptors (Lipinski definition) is 2. The fraction of sp³-hybridized carbons (Fsp3) is 0.471. The van der Waals surface area contributed by atoms with Gasteiger partial charge in [0.1, 0.15) is 0 Å². The number of hydrogen-bond donors (Lipinski definition) is 3. The van der Waals surface area contributed by atoms with Gasteiger partial charge in [-0.25, -0.2) is 0 Å². The minimum atomic E-state index is 0.0783. The molecule has 1 aromatic heterocycles. The molecule has 0 spiro atoms. The first-order valence-corrected chi connectivity index (χ1v) is 7.69. The Hall–Kier alpha value is -1.81. The van der Waals surface area contributed by atoms with Crippen LogP contribution in [0.3, 0.4) is 0 Å². The Balaban J connectivity index is 1.67. The first-order valence-electron chi connectivity index (χ1n) is 7.69. The highest BCUT2D eigenvalue weighted by molar-refractivity contribution is 5.83. The third-order valence-electron chi connectivity index (χ3n) is 3.58. The fourth-order valence-electron chi connectivity index (χ4n) is 2.33. The van der Waals surface area contributed by atoms with E-state index in [4.69, 9.17) is 0 Å². The maximum absolute atomic E-state index is 11.6. The Morgan fingerprint density at radius 2 is 2.05 bits per heavy atom. The van der Waals surface area contributed by atoms with Crippen molar-refractivity contribution in [2.24, 2.45) is 5.92 Å². The Labute approximate surface area is 126 Å². The maximum atomic E-state index is 11.6. The van der Waals surface area contributed by atoms with Crippen molar-refractivity contribution in [1.29, 1.82) is 0 Å². The molecule has 0 radical (unpaired) electrons. The lowest BCUT2D eigenvalue weighted by molar-refractivity contribution is -0.120. The normalized spacial score (nSPS) is 11.2. The van der Waals surface area contributed by atoms with E-state index in [1.54, 1.807) is 0 Å². The van der Waals surface area contributed by atoms with Crippen molar-refractivity contribution in [2.75, 3.05) is 19.6 Å². The number of nitrogens with one attached hydrogen (secondary N) is 3. The topological polar surface area (TPSA) is 56.9 Å². The van der Waals surface area contributed by atoms with Crippen molar-refractivity contribution < 1.29 is 4.79 Å². The molecule has 114 valence electrons. The van der Waals surface area contributed by atoms with Gasteiger partial charge in [0.05, 0.1) is 6.54 Å². The molecule has 21 heavy (non-hydrogen) atoms. The lowest BCUT2D eigenvalue weighted by atomic mass is 10.1. The van der Waals surface area contributed by atoms with Crippen LogP contribution in [0.4, 0.5) is 0 Å². The van der Waals surface area contributed by atoms with Crippen LogP contribution in [0.25, 0.3) is 10.9 Å². The van der Waals surface area contributed by atoms with Crippen molar-refractivity contribution in [3.8, 4) is 0 Å². The van der Waals surface area contributed by atoms with Crippen LogP contribution in [0.15, 0.2) is 30.5 Å². The van der Waals surface area contributed by atoms with Crippen LogP contribution in [-0.2, 0) is 11.2 Å². The minimum absolute atomic E-state index is 0.0783. The van der Waals surface area contributed by atoms with Crippen LogP contribution in [0, 0.1) is 5.92 Å². The van der Waals surface area contributed by atoms with Crippen LogP contribution < -0.4 is 10.6 Å². The monoisotopic (exact) mass is 287 g/mol. The molecule has 1 aromatic carbocycles. The highest BCUT2D eigenvalue weighted by atomic mass is 16.1. The highest BCUT2D eigenvalue weighted by Crippen LogP contribution is 2.17. The molecule has 4 nitrogen and oxygen atoms in total. The maximum Gasteiger partial charge on any atom is 0.233 e. The second kappa shape index (κ2) is 7.84. The molecule has 0 aliphatic carbocycles. The van der Waals surface area contributed by atoms with Crippen molar-refractivity contribution >= 4 is 16.8 Å². The number of H-pyrrole nitrogens is 1. The Bertz CT molecular complexity index is 574. The first kappa shape index (κ1) is 15.6. The van der Waals surface area contributed by atoms with E-state index < -0.39 is 0 Å². The average molecular weight is 287 g/mol. The molecule has 0 bridgehead atoms. The smallest absolute Gasteiger partial charge is 0.233 e. The van der Waals surface area contributed by atoms with Crippen LogP contribution in [0.5, 0.6) is 0 Å². The Morgan fingerprint density at radius 3 is 2.86 bits per heavy atom. The molecule has 2 aromatic rings. The molecule has 0 unspecified atom stereocenters. The van der Waals surface area contributed by atoms with Gasteiger partial charge in [0.15, 0.2) is 0 Å². The Morgan fingerprint density at radius 1 is 1.24 bits per heavy atom. The predicted octanol–water partition coefficient (Wildman–Crippen LogP) is 2.46. The van der Waals surface area contributed by atoms with E-state index in [1.807, 2.05) is 6.07 Å². The number of amides is 1. The molecule has 1 amide bonds. The summed E-state index contributed by atoms with van der Waals surface area (Å²) in [7, 11) is 0. The molecule has 0 saturated heterocycles. The molecule has 1 heterocycles. The zero-order valence-corrected chi connectivity index (χ0v) is 12.9. The van der Waals surface area contributed by atoms with Crippen molar-refractivity contribution in [1.82, 2.24) is 15.6 Å². The molecule has 0 aliphatic heterocycles. The lowest BCUT2D eigenvalue weighted by Gasteiger charge is -2.08. The lowest BCUT2D eigenvalue weighted by Crippen LogP contribution is -2.35. The summed E-state index contributed by atoms with van der Waals surface area (Å²) in [6, 6.07) is 8.28. The van der Waals surface area contributed by atoms with E-state index in [9.17, 15) is 4.79 Å². The third kappa shape index (κ3) is 4.90. The summed E-state index contributed by atoms with van der Waals surface area (Å²) in [6.45, 7) is 6.28. The largest absolute Gasteiger partial charge is 0.361 e. The average Bonchev–Trinajstić information content (AvgIpc) is 2.86. The molecule has 0 saturated carbocycles. The summed E-state index contributed by atoms with van der Waals surface area (Å²) in [5.74, 6) is 0.703. The van der Waals surface area contributed by atoms with E-state index >= 15 is 0 Å². The summed E-state index contributed by atoms with van der Waals surface area (Å²) < 4.78 is 0. The summed E-state index contributed by atoms with van der Waals surface area (Å²) in [5.41, 5.74) is 2.46. The number of carbonyl (C=O) groups excluding carboxylic acids is 1. The SMILES string of the molecule is CC(C)CCNC(=O)CNCCc1c[nH]c2ccccc12. The van der Waals surface area contributed by atoms with E-state index in [1.165, 1.54) is 16.5 Å². The summed E-state index contributed by atoms with van der Waals surface area (Å²) in [4.78, 5) is 14.9. The van der Waals surface area contributed by atoms with E-state index in [0.717, 1.165) is 25.9 Å². The van der Waals surface area contributed by atoms with E-state index in [-0.39, 0.29) is 5.91 Å². The molecule has 3 N–H and O–H groups in total. The fourth-order valence-corrected chi connectivity index (χ4v) is 2.33. The highest BCUT2D eigenvalue weighted by Gasteiger charge is 2.04. The number of aromatic amines is 1. The molecule has 2 rings (SSSR count). The number of rotatable bonds is 8. The van der Waals surface area contributed by atoms with E-state index in [2.05, 4.69) is 53.9 Å². The van der Waals surface area contributed by atoms with Gasteiger partial charge in [-0.15, -0.1) is 0 Å². The molecule has 0 fully saturated rings. The summed E-state index contributed by atoms with van der Waals surface area (Å²) in [6.07, 6.45) is 4.00. The van der Waals surface area contributed by atoms with E-state index in [0.29, 0.717) is 12.5 Å². The number of para-hydroxylation sites is 1. The Kier molecular flexibility index (Phi) is 5.81. The van der Waals surface area contributed by atoms with Gasteiger partial charge in [0, 0.05) is 23.6 Å². The second-order valence-corrected chi connectivity index (χ2v) is 5.82. The van der Waals surface area contributed by atoms with Gasteiger partial charge in [0.25, 0.3) is 0 Å². The molecule has 0 aliphatic rings. The van der Waals surface area contributed by atoms with Crippen LogP contribution in [0.1, 0.15) is 25.8 Å². The molecule has 0 atom stereocenters. The van der Waals surface area contributed by atoms with Crippen LogP contribution >= 0.6 is 0 Å². The van der Waals surface area contributed by atoms with Crippen molar-refractivity contribution in [3.63, 3.8) is 0 Å². The third-order valence-corrected chi connectivity index (χ3v) is 3.58. The summed E-state index contributed by atoms with van der Waals surface area (Å²) in [5, 5.41) is 7.39. The van der Waals surface area contributed by atoms with Crippen LogP contribution in [-0.4, -0.2) is 30.5 Å². The summed E-state index contributed by atoms with van der Waals surface area (Å²) >= 11 is 0. The van der Waals surface area contributed by atoms with Gasteiger partial charge in [-0.2, -0.15) is 0 Å². The molecular formula is C17H25N3O. The predicted molar refractivity (Wildman–Crippen MR) is 87.3 cm³/mol. The number of aromatic nitrogens is 1. The number of fused-ring (bicyclic) bond motifs is 1. The molecule has 4 heteroatoms. The van der Waals surface area contributed by atoms with Crippen molar-refractivity contribution in [3.05, 3.63) is 36.0 Å². The standard InChI is InChI=1S/C17H25N3O/c1-13(2)7-10-19-17(21)12-18-9-8-14-11-20-16-6-4-3-5-15(14)16/h3-6,11,13,18,20H,7-10,12H2,1-2H3,(H,19,21). The molecular weight excluding hydrogens is 262 g/mol. The first-order chi connectivity index (χ1) is 10.2.